The zero-order valence-corrected chi connectivity index (χ0v) is 20.6. The molecule has 0 bridgehead atoms. The topological polar surface area (TPSA) is 90.2 Å². The van der Waals surface area contributed by atoms with Crippen molar-refractivity contribution >= 4 is 16.6 Å². The van der Waals surface area contributed by atoms with E-state index < -0.39 is 18.0 Å². The summed E-state index contributed by atoms with van der Waals surface area (Å²) in [6.07, 6.45) is -0.832. The highest BCUT2D eigenvalue weighted by Gasteiger charge is 2.46. The van der Waals surface area contributed by atoms with Crippen LogP contribution >= 0.6 is 0 Å². The van der Waals surface area contributed by atoms with Crippen LogP contribution < -0.4 is 5.73 Å². The third-order valence-corrected chi connectivity index (χ3v) is 6.98. The number of halogens is 4. The maximum atomic E-state index is 15.0. The van der Waals surface area contributed by atoms with Gasteiger partial charge in [-0.25, -0.2) is 9.37 Å². The molecule has 5 aromatic rings. The summed E-state index contributed by atoms with van der Waals surface area (Å²) in [6.45, 7) is 2.23. The first-order valence-electron chi connectivity index (χ1n) is 12.1. The Balaban J connectivity index is 1.45. The molecule has 2 N–H and O–H groups in total. The van der Waals surface area contributed by atoms with Crippen LogP contribution in [0.4, 0.5) is 17.6 Å². The van der Waals surface area contributed by atoms with Crippen LogP contribution in [0.15, 0.2) is 48.8 Å². The van der Waals surface area contributed by atoms with Crippen LogP contribution in [0.5, 0.6) is 0 Å². The van der Waals surface area contributed by atoms with Gasteiger partial charge in [0.05, 0.1) is 11.2 Å². The average molecular weight is 525 g/mol. The van der Waals surface area contributed by atoms with Gasteiger partial charge < -0.3 is 5.73 Å². The lowest BCUT2D eigenvalue weighted by Crippen LogP contribution is -2.38. The predicted octanol–water partition coefficient (Wildman–Crippen LogP) is 4.43. The quantitative estimate of drug-likeness (QED) is 0.350. The second-order valence-electron chi connectivity index (χ2n) is 9.73. The smallest absolute Gasteiger partial charge is 0.326 e. The van der Waals surface area contributed by atoms with Gasteiger partial charge in [0.15, 0.2) is 11.5 Å². The fourth-order valence-corrected chi connectivity index (χ4v) is 5.24. The van der Waals surface area contributed by atoms with E-state index in [0.717, 1.165) is 0 Å². The molecule has 2 atom stereocenters. The van der Waals surface area contributed by atoms with Gasteiger partial charge in [-0.2, -0.15) is 18.3 Å². The molecule has 4 aromatic heterocycles. The normalized spacial score (nSPS) is 17.6. The summed E-state index contributed by atoms with van der Waals surface area (Å²) in [5.41, 5.74) is 8.94. The Bertz CT molecular complexity index is 1670. The van der Waals surface area contributed by atoms with Gasteiger partial charge in [-0.05, 0) is 43.2 Å². The molecule has 12 heteroatoms. The largest absolute Gasteiger partial charge is 0.408 e. The fourth-order valence-electron chi connectivity index (χ4n) is 5.24. The average Bonchev–Trinajstić information content (AvgIpc) is 3.55. The number of nitrogens with zero attached hydrogens (tertiary/aromatic N) is 7. The van der Waals surface area contributed by atoms with Gasteiger partial charge in [-0.1, -0.05) is 12.1 Å². The third-order valence-electron chi connectivity index (χ3n) is 6.98. The number of pyridine rings is 2. The number of fused-ring (bicyclic) bond motifs is 2. The van der Waals surface area contributed by atoms with Gasteiger partial charge in [0.2, 0.25) is 0 Å². The lowest BCUT2D eigenvalue weighted by molar-refractivity contribution is -0.183. The van der Waals surface area contributed by atoms with Gasteiger partial charge >= 0.3 is 6.18 Å². The second kappa shape index (κ2) is 8.84. The fraction of sp³-hybridized carbons (Fsp3) is 0.308. The molecular formula is C26H24F4N8. The van der Waals surface area contributed by atoms with Crippen LogP contribution in [0.25, 0.3) is 39.2 Å². The van der Waals surface area contributed by atoms with E-state index >= 15 is 0 Å². The first kappa shape index (κ1) is 24.4. The van der Waals surface area contributed by atoms with Crippen LogP contribution in [0.1, 0.15) is 23.7 Å². The lowest BCUT2D eigenvalue weighted by Gasteiger charge is -2.30. The van der Waals surface area contributed by atoms with Crippen molar-refractivity contribution in [2.45, 2.75) is 31.6 Å². The van der Waals surface area contributed by atoms with Crippen molar-refractivity contribution in [2.75, 3.05) is 13.1 Å². The Kier molecular flexibility index (Phi) is 5.69. The van der Waals surface area contributed by atoms with E-state index in [9.17, 15) is 17.6 Å². The van der Waals surface area contributed by atoms with E-state index in [1.807, 2.05) is 0 Å². The van der Waals surface area contributed by atoms with Crippen molar-refractivity contribution in [1.29, 1.82) is 0 Å². The Morgan fingerprint density at radius 3 is 2.55 bits per heavy atom. The molecule has 1 saturated heterocycles. The number of alkyl halides is 3. The molecule has 1 aliphatic rings. The van der Waals surface area contributed by atoms with Crippen molar-refractivity contribution in [3.63, 3.8) is 0 Å². The van der Waals surface area contributed by atoms with Crippen molar-refractivity contribution in [2.24, 2.45) is 12.8 Å². The van der Waals surface area contributed by atoms with Crippen molar-refractivity contribution in [3.8, 4) is 22.6 Å². The summed E-state index contributed by atoms with van der Waals surface area (Å²) < 4.78 is 60.6. The molecule has 0 unspecified atom stereocenters. The highest BCUT2D eigenvalue weighted by Crippen LogP contribution is 2.39. The SMILES string of the molecule is Cc1nn(C)cc1-c1cc2nc(-c3nnc4ccc([C@@H](N5CC[C@H](N)C5)C(F)(F)F)cn34)ccc2cc1F. The van der Waals surface area contributed by atoms with Crippen LogP contribution in [-0.4, -0.2) is 59.6 Å². The number of hydrogen-bond acceptors (Lipinski definition) is 6. The molecule has 8 nitrogen and oxygen atoms in total. The number of nitrogens with two attached hydrogens (primary N) is 1. The van der Waals surface area contributed by atoms with Gasteiger partial charge in [-0.15, -0.1) is 10.2 Å². The molecule has 6 rings (SSSR count). The van der Waals surface area contributed by atoms with Gasteiger partial charge in [0.25, 0.3) is 0 Å². The molecule has 0 saturated carbocycles. The number of aryl methyl sites for hydroxylation is 2. The molecule has 1 aliphatic heterocycles. The van der Waals surface area contributed by atoms with E-state index in [1.54, 1.807) is 43.0 Å². The van der Waals surface area contributed by atoms with E-state index in [2.05, 4.69) is 20.3 Å². The molecule has 38 heavy (non-hydrogen) atoms. The first-order chi connectivity index (χ1) is 18.1. The summed E-state index contributed by atoms with van der Waals surface area (Å²) in [7, 11) is 1.76. The van der Waals surface area contributed by atoms with E-state index in [1.165, 1.54) is 33.7 Å². The number of hydrogen-bond donors (Lipinski definition) is 1. The predicted molar refractivity (Wildman–Crippen MR) is 134 cm³/mol. The molecule has 0 aliphatic carbocycles. The number of rotatable bonds is 4. The zero-order chi connectivity index (χ0) is 26.8. The van der Waals surface area contributed by atoms with Gasteiger partial charge in [0.1, 0.15) is 17.6 Å². The molecule has 0 amide bonds. The molecule has 0 spiro atoms. The van der Waals surface area contributed by atoms with Crippen LogP contribution in [-0.2, 0) is 7.05 Å². The minimum absolute atomic E-state index is 0.0670. The van der Waals surface area contributed by atoms with Gasteiger partial charge in [-0.3, -0.25) is 14.0 Å². The molecular weight excluding hydrogens is 500 g/mol. The van der Waals surface area contributed by atoms with E-state index in [-0.39, 0.29) is 30.5 Å². The van der Waals surface area contributed by atoms with E-state index in [0.29, 0.717) is 45.5 Å². The van der Waals surface area contributed by atoms with Crippen LogP contribution in [0.2, 0.25) is 0 Å². The maximum absolute atomic E-state index is 15.0. The number of likely N-dealkylation sites (tertiary alicyclic amines) is 1. The van der Waals surface area contributed by atoms with E-state index in [4.69, 9.17) is 5.73 Å². The monoisotopic (exact) mass is 524 g/mol. The Labute approximate surface area is 214 Å². The number of benzene rings is 1. The van der Waals surface area contributed by atoms with Crippen molar-refractivity contribution in [1.82, 2.24) is 34.3 Å². The molecule has 196 valence electrons. The molecule has 1 fully saturated rings. The maximum Gasteiger partial charge on any atom is 0.408 e. The van der Waals surface area contributed by atoms with Gasteiger partial charge in [0, 0.05) is 55.1 Å². The zero-order valence-electron chi connectivity index (χ0n) is 20.6. The summed E-state index contributed by atoms with van der Waals surface area (Å²) >= 11 is 0. The van der Waals surface area contributed by atoms with Crippen molar-refractivity contribution in [3.05, 3.63) is 65.9 Å². The molecule has 1 aromatic carbocycles. The first-order valence-corrected chi connectivity index (χ1v) is 12.1. The summed E-state index contributed by atoms with van der Waals surface area (Å²) in [4.78, 5) is 6.04. The highest BCUT2D eigenvalue weighted by molar-refractivity contribution is 5.86. The summed E-state index contributed by atoms with van der Waals surface area (Å²) in [6, 6.07) is 7.26. The third kappa shape index (κ3) is 4.19. The Morgan fingerprint density at radius 1 is 1.05 bits per heavy atom. The molecule has 5 heterocycles. The Hall–Kier alpha value is -3.90. The molecule has 0 radical (unpaired) electrons. The van der Waals surface area contributed by atoms with Crippen molar-refractivity contribution < 1.29 is 17.6 Å². The van der Waals surface area contributed by atoms with Crippen LogP contribution in [0, 0.1) is 12.7 Å². The minimum Gasteiger partial charge on any atom is -0.326 e. The summed E-state index contributed by atoms with van der Waals surface area (Å²) in [5.74, 6) is -0.119. The highest BCUT2D eigenvalue weighted by atomic mass is 19.4. The Morgan fingerprint density at radius 2 is 1.87 bits per heavy atom. The number of aromatic nitrogens is 6. The second-order valence-corrected chi connectivity index (χ2v) is 9.73. The standard InChI is InChI=1S/C26H24F4N8/c1-14-19(13-36(2)35-14)18-10-22-15(9-20(18)27)3-5-21(32-22)25-34-33-23-6-4-16(11-38(23)25)24(26(28,29)30)37-8-7-17(31)12-37/h3-6,9-11,13,17,24H,7-8,12,31H2,1-2H3/t17-,24+/m0/s1. The minimum atomic E-state index is -4.49. The summed E-state index contributed by atoms with van der Waals surface area (Å²) in [5, 5.41) is 13.2. The van der Waals surface area contributed by atoms with Crippen LogP contribution in [0.3, 0.4) is 0 Å². The lowest BCUT2D eigenvalue weighted by atomic mass is 10.0.